The lowest BCUT2D eigenvalue weighted by Crippen LogP contribution is -2.06. The molecule has 2 aromatic rings. The minimum atomic E-state index is -0.00213. The van der Waals surface area contributed by atoms with Crippen LogP contribution in [0.5, 0.6) is 0 Å². The third kappa shape index (κ3) is 1.08. The Hall–Kier alpha value is -1.35. The topological polar surface area (TPSA) is 54.7 Å². The van der Waals surface area contributed by atoms with Gasteiger partial charge in [0.25, 0.3) is 0 Å². The number of aromatic amines is 1. The second-order valence-electron chi connectivity index (χ2n) is 2.94. The zero-order valence-corrected chi connectivity index (χ0v) is 6.91. The van der Waals surface area contributed by atoms with E-state index in [0.29, 0.717) is 0 Å². The van der Waals surface area contributed by atoms with E-state index in [0.717, 1.165) is 16.7 Å². The van der Waals surface area contributed by atoms with Crippen LogP contribution in [-0.4, -0.2) is 9.97 Å². The maximum absolute atomic E-state index is 5.70. The summed E-state index contributed by atoms with van der Waals surface area (Å²) in [6.45, 7) is 1.93. The van der Waals surface area contributed by atoms with Crippen molar-refractivity contribution in [3.8, 4) is 0 Å². The molecule has 3 N–H and O–H groups in total. The molecule has 0 saturated carbocycles. The van der Waals surface area contributed by atoms with Crippen molar-refractivity contribution in [1.82, 2.24) is 9.97 Å². The van der Waals surface area contributed by atoms with Gasteiger partial charge in [0.1, 0.15) is 5.65 Å². The number of fused-ring (bicyclic) bond motifs is 1. The van der Waals surface area contributed by atoms with Crippen molar-refractivity contribution in [2.45, 2.75) is 13.0 Å². The highest BCUT2D eigenvalue weighted by atomic mass is 14.9. The number of nitrogens with two attached hydrogens (primary N) is 1. The zero-order valence-electron chi connectivity index (χ0n) is 6.91. The molecule has 3 heteroatoms. The summed E-state index contributed by atoms with van der Waals surface area (Å²) in [4.78, 5) is 7.40. The summed E-state index contributed by atoms with van der Waals surface area (Å²) >= 11 is 0. The fourth-order valence-electron chi connectivity index (χ4n) is 1.20. The third-order valence-electron chi connectivity index (χ3n) is 1.90. The number of nitrogens with zero attached hydrogens (tertiary/aromatic N) is 1. The number of hydrogen-bond donors (Lipinski definition) is 2. The van der Waals surface area contributed by atoms with Crippen molar-refractivity contribution in [3.63, 3.8) is 0 Å². The Morgan fingerprint density at radius 2 is 2.25 bits per heavy atom. The fourth-order valence-corrected chi connectivity index (χ4v) is 1.20. The highest BCUT2D eigenvalue weighted by Gasteiger charge is 2.01. The zero-order chi connectivity index (χ0) is 8.55. The van der Waals surface area contributed by atoms with Crippen molar-refractivity contribution in [3.05, 3.63) is 30.1 Å². The van der Waals surface area contributed by atoms with E-state index in [1.54, 1.807) is 0 Å². The Morgan fingerprint density at radius 3 is 3.00 bits per heavy atom. The molecule has 2 rings (SSSR count). The van der Waals surface area contributed by atoms with Crippen LogP contribution in [0.3, 0.4) is 0 Å². The lowest BCUT2D eigenvalue weighted by atomic mass is 10.2. The molecule has 0 radical (unpaired) electrons. The van der Waals surface area contributed by atoms with Crippen LogP contribution in [-0.2, 0) is 0 Å². The maximum Gasteiger partial charge on any atom is 0.137 e. The SMILES string of the molecule is C[C@@H](N)c1ccc2cc[nH]c2n1. The molecular formula is C9H11N3. The highest BCUT2D eigenvalue weighted by molar-refractivity contribution is 5.75. The van der Waals surface area contributed by atoms with Crippen molar-refractivity contribution in [2.75, 3.05) is 0 Å². The number of rotatable bonds is 1. The Kier molecular flexibility index (Phi) is 1.59. The van der Waals surface area contributed by atoms with Gasteiger partial charge in [0, 0.05) is 17.6 Å². The van der Waals surface area contributed by atoms with E-state index in [1.165, 1.54) is 0 Å². The molecule has 2 aromatic heterocycles. The smallest absolute Gasteiger partial charge is 0.137 e. The van der Waals surface area contributed by atoms with Crippen molar-refractivity contribution in [2.24, 2.45) is 5.73 Å². The van der Waals surface area contributed by atoms with E-state index in [1.807, 2.05) is 31.3 Å². The molecular weight excluding hydrogens is 150 g/mol. The van der Waals surface area contributed by atoms with Gasteiger partial charge in [0.05, 0.1) is 5.69 Å². The Labute approximate surface area is 70.6 Å². The second-order valence-corrected chi connectivity index (χ2v) is 2.94. The van der Waals surface area contributed by atoms with Crippen LogP contribution in [0.2, 0.25) is 0 Å². The number of H-pyrrole nitrogens is 1. The summed E-state index contributed by atoms with van der Waals surface area (Å²) in [5, 5.41) is 1.12. The Morgan fingerprint density at radius 1 is 1.42 bits per heavy atom. The largest absolute Gasteiger partial charge is 0.346 e. The van der Waals surface area contributed by atoms with Gasteiger partial charge in [0.2, 0.25) is 0 Å². The molecule has 62 valence electrons. The van der Waals surface area contributed by atoms with E-state index in [4.69, 9.17) is 5.73 Å². The number of hydrogen-bond acceptors (Lipinski definition) is 2. The van der Waals surface area contributed by atoms with Gasteiger partial charge in [-0.2, -0.15) is 0 Å². The first-order valence-electron chi connectivity index (χ1n) is 3.97. The van der Waals surface area contributed by atoms with Crippen LogP contribution >= 0.6 is 0 Å². The van der Waals surface area contributed by atoms with Crippen LogP contribution in [0.4, 0.5) is 0 Å². The average molecular weight is 161 g/mol. The maximum atomic E-state index is 5.70. The van der Waals surface area contributed by atoms with E-state index in [-0.39, 0.29) is 6.04 Å². The lowest BCUT2D eigenvalue weighted by Gasteiger charge is -2.02. The van der Waals surface area contributed by atoms with Gasteiger partial charge in [-0.15, -0.1) is 0 Å². The van der Waals surface area contributed by atoms with Crippen LogP contribution < -0.4 is 5.73 Å². The number of aromatic nitrogens is 2. The fraction of sp³-hybridized carbons (Fsp3) is 0.222. The molecule has 2 heterocycles. The van der Waals surface area contributed by atoms with Gasteiger partial charge < -0.3 is 10.7 Å². The van der Waals surface area contributed by atoms with E-state index < -0.39 is 0 Å². The second kappa shape index (κ2) is 2.60. The molecule has 0 amide bonds. The van der Waals surface area contributed by atoms with E-state index in [2.05, 4.69) is 9.97 Å². The lowest BCUT2D eigenvalue weighted by molar-refractivity contribution is 0.786. The summed E-state index contributed by atoms with van der Waals surface area (Å²) in [5.74, 6) is 0. The third-order valence-corrected chi connectivity index (χ3v) is 1.90. The molecule has 0 aliphatic heterocycles. The van der Waals surface area contributed by atoms with Gasteiger partial charge in [-0.25, -0.2) is 4.98 Å². The summed E-state index contributed by atoms with van der Waals surface area (Å²) in [6.07, 6.45) is 1.88. The average Bonchev–Trinajstić information content (AvgIpc) is 2.49. The van der Waals surface area contributed by atoms with Crippen molar-refractivity contribution in [1.29, 1.82) is 0 Å². The van der Waals surface area contributed by atoms with Crippen LogP contribution in [0.15, 0.2) is 24.4 Å². The summed E-state index contributed by atoms with van der Waals surface area (Å²) in [5.41, 5.74) is 7.53. The van der Waals surface area contributed by atoms with Crippen LogP contribution in [0, 0.1) is 0 Å². The predicted molar refractivity (Wildman–Crippen MR) is 48.7 cm³/mol. The summed E-state index contributed by atoms with van der Waals surface area (Å²) < 4.78 is 0. The molecule has 12 heavy (non-hydrogen) atoms. The van der Waals surface area contributed by atoms with Crippen molar-refractivity contribution >= 4 is 11.0 Å². The number of nitrogens with one attached hydrogen (secondary N) is 1. The molecule has 0 unspecified atom stereocenters. The first-order chi connectivity index (χ1) is 5.77. The normalized spacial score (nSPS) is 13.5. The summed E-state index contributed by atoms with van der Waals surface area (Å²) in [7, 11) is 0. The Bertz CT molecular complexity index is 389. The van der Waals surface area contributed by atoms with Crippen LogP contribution in [0.25, 0.3) is 11.0 Å². The Balaban J connectivity index is 2.60. The molecule has 0 saturated heterocycles. The first kappa shape index (κ1) is 7.31. The molecule has 0 spiro atoms. The first-order valence-corrected chi connectivity index (χ1v) is 3.97. The van der Waals surface area contributed by atoms with Gasteiger partial charge in [-0.3, -0.25) is 0 Å². The monoisotopic (exact) mass is 161 g/mol. The number of pyridine rings is 1. The molecule has 0 fully saturated rings. The van der Waals surface area contributed by atoms with Gasteiger partial charge in [0.15, 0.2) is 0 Å². The minimum Gasteiger partial charge on any atom is -0.346 e. The standard InChI is InChI=1S/C9H11N3/c1-6(10)8-3-2-7-4-5-11-9(7)12-8/h2-6H,10H2,1H3,(H,11,12)/t6-/m1/s1. The molecule has 0 aliphatic rings. The van der Waals surface area contributed by atoms with E-state index >= 15 is 0 Å². The molecule has 3 nitrogen and oxygen atoms in total. The molecule has 0 aliphatic carbocycles. The molecule has 0 bridgehead atoms. The van der Waals surface area contributed by atoms with Gasteiger partial charge in [-0.1, -0.05) is 0 Å². The predicted octanol–water partition coefficient (Wildman–Crippen LogP) is 1.58. The summed E-state index contributed by atoms with van der Waals surface area (Å²) in [6, 6.07) is 5.98. The molecule has 1 atom stereocenters. The van der Waals surface area contributed by atoms with Crippen molar-refractivity contribution < 1.29 is 0 Å². The van der Waals surface area contributed by atoms with E-state index in [9.17, 15) is 0 Å². The minimum absolute atomic E-state index is 0.00213. The quantitative estimate of drug-likeness (QED) is 0.667. The van der Waals surface area contributed by atoms with Gasteiger partial charge >= 0.3 is 0 Å². The van der Waals surface area contributed by atoms with Gasteiger partial charge in [-0.05, 0) is 25.1 Å². The van der Waals surface area contributed by atoms with Crippen LogP contribution in [0.1, 0.15) is 18.7 Å². The highest BCUT2D eigenvalue weighted by Crippen LogP contribution is 2.13. The molecule has 0 aromatic carbocycles.